The lowest BCUT2D eigenvalue weighted by molar-refractivity contribution is 0.0608. The fraction of sp³-hybridized carbons (Fsp3) is 0.200. The predicted molar refractivity (Wildman–Crippen MR) is 68.3 cm³/mol. The molecule has 0 radical (unpaired) electrons. The zero-order chi connectivity index (χ0) is 11.6. The summed E-state index contributed by atoms with van der Waals surface area (Å²) in [6, 6.07) is 14.2. The molecule has 82 valence electrons. The van der Waals surface area contributed by atoms with Crippen LogP contribution in [0.15, 0.2) is 55.1 Å². The van der Waals surface area contributed by atoms with Crippen molar-refractivity contribution in [3.8, 4) is 0 Å². The summed E-state index contributed by atoms with van der Waals surface area (Å²) in [7, 11) is 0. The smallest absolute Gasteiger partial charge is 0.0902 e. The molecule has 0 aliphatic carbocycles. The highest BCUT2D eigenvalue weighted by Crippen LogP contribution is 2.27. The molecule has 2 aromatic carbocycles. The van der Waals surface area contributed by atoms with E-state index >= 15 is 0 Å². The minimum absolute atomic E-state index is 0.561. The number of benzene rings is 2. The van der Waals surface area contributed by atoms with Crippen molar-refractivity contribution >= 4 is 10.8 Å². The SMILES string of the molecule is C=CCC(C)(O)c1ccc2ccccc2c1. The van der Waals surface area contributed by atoms with Gasteiger partial charge in [-0.05, 0) is 35.7 Å². The van der Waals surface area contributed by atoms with Crippen molar-refractivity contribution in [1.29, 1.82) is 0 Å². The van der Waals surface area contributed by atoms with Crippen molar-refractivity contribution in [2.45, 2.75) is 18.9 Å². The second kappa shape index (κ2) is 4.11. The summed E-state index contributed by atoms with van der Waals surface area (Å²) in [5.74, 6) is 0. The largest absolute Gasteiger partial charge is 0.385 e. The number of hydrogen-bond acceptors (Lipinski definition) is 1. The molecule has 2 rings (SSSR count). The molecule has 0 aliphatic rings. The van der Waals surface area contributed by atoms with E-state index in [0.717, 1.165) is 10.9 Å². The molecule has 0 amide bonds. The Morgan fingerprint density at radius 2 is 1.88 bits per heavy atom. The summed E-state index contributed by atoms with van der Waals surface area (Å²) in [5.41, 5.74) is 0.109. The zero-order valence-corrected chi connectivity index (χ0v) is 9.48. The van der Waals surface area contributed by atoms with Crippen molar-refractivity contribution < 1.29 is 5.11 Å². The Kier molecular flexibility index (Phi) is 2.80. The number of fused-ring (bicyclic) bond motifs is 1. The van der Waals surface area contributed by atoms with Crippen LogP contribution in [0.4, 0.5) is 0 Å². The first-order chi connectivity index (χ1) is 7.63. The van der Waals surface area contributed by atoms with Crippen molar-refractivity contribution in [2.75, 3.05) is 0 Å². The van der Waals surface area contributed by atoms with Gasteiger partial charge in [-0.3, -0.25) is 0 Å². The van der Waals surface area contributed by atoms with Crippen LogP contribution in [-0.2, 0) is 5.60 Å². The summed E-state index contributed by atoms with van der Waals surface area (Å²) in [4.78, 5) is 0. The Morgan fingerprint density at radius 3 is 2.56 bits per heavy atom. The monoisotopic (exact) mass is 212 g/mol. The highest BCUT2D eigenvalue weighted by molar-refractivity contribution is 5.83. The van der Waals surface area contributed by atoms with E-state index in [9.17, 15) is 5.11 Å². The van der Waals surface area contributed by atoms with Gasteiger partial charge in [-0.1, -0.05) is 42.5 Å². The molecule has 2 aromatic rings. The van der Waals surface area contributed by atoms with Crippen molar-refractivity contribution in [1.82, 2.24) is 0 Å². The van der Waals surface area contributed by atoms with E-state index < -0.39 is 5.60 Å². The third kappa shape index (κ3) is 2.00. The summed E-state index contributed by atoms with van der Waals surface area (Å²) in [6.07, 6.45) is 2.31. The molecular formula is C15H16O. The van der Waals surface area contributed by atoms with Crippen LogP contribution in [0.3, 0.4) is 0 Å². The number of hydrogen-bond donors (Lipinski definition) is 1. The summed E-state index contributed by atoms with van der Waals surface area (Å²) >= 11 is 0. The Bertz CT molecular complexity index is 512. The maximum absolute atomic E-state index is 10.3. The normalized spacial score (nSPS) is 14.6. The number of rotatable bonds is 3. The van der Waals surface area contributed by atoms with Gasteiger partial charge in [-0.25, -0.2) is 0 Å². The fourth-order valence-corrected chi connectivity index (χ4v) is 1.92. The van der Waals surface area contributed by atoms with E-state index in [4.69, 9.17) is 0 Å². The molecule has 0 aromatic heterocycles. The molecule has 16 heavy (non-hydrogen) atoms. The lowest BCUT2D eigenvalue weighted by Gasteiger charge is -2.22. The first-order valence-electron chi connectivity index (χ1n) is 5.46. The van der Waals surface area contributed by atoms with E-state index in [1.807, 2.05) is 37.3 Å². The molecule has 0 saturated heterocycles. The van der Waals surface area contributed by atoms with Crippen LogP contribution in [0.1, 0.15) is 18.9 Å². The lowest BCUT2D eigenvalue weighted by Crippen LogP contribution is -2.19. The standard InChI is InChI=1S/C15H16O/c1-3-10-15(2,16)14-9-8-12-6-4-5-7-13(12)11-14/h3-9,11,16H,1,10H2,2H3. The van der Waals surface area contributed by atoms with Gasteiger partial charge in [0.1, 0.15) is 0 Å². The zero-order valence-electron chi connectivity index (χ0n) is 9.48. The van der Waals surface area contributed by atoms with E-state index in [1.165, 1.54) is 5.39 Å². The Balaban J connectivity index is 2.50. The summed E-state index contributed by atoms with van der Waals surface area (Å²) < 4.78 is 0. The van der Waals surface area contributed by atoms with Gasteiger partial charge < -0.3 is 5.11 Å². The third-order valence-electron chi connectivity index (χ3n) is 2.91. The predicted octanol–water partition coefficient (Wildman–Crippen LogP) is 3.62. The van der Waals surface area contributed by atoms with E-state index in [-0.39, 0.29) is 0 Å². The van der Waals surface area contributed by atoms with Gasteiger partial charge in [0, 0.05) is 0 Å². The van der Waals surface area contributed by atoms with E-state index in [0.29, 0.717) is 6.42 Å². The third-order valence-corrected chi connectivity index (χ3v) is 2.91. The molecule has 1 atom stereocenters. The van der Waals surface area contributed by atoms with Gasteiger partial charge >= 0.3 is 0 Å². The van der Waals surface area contributed by atoms with Crippen molar-refractivity contribution in [3.05, 3.63) is 60.7 Å². The average Bonchev–Trinajstić information content (AvgIpc) is 2.28. The molecular weight excluding hydrogens is 196 g/mol. The maximum Gasteiger partial charge on any atom is 0.0902 e. The Morgan fingerprint density at radius 1 is 1.19 bits per heavy atom. The van der Waals surface area contributed by atoms with Crippen LogP contribution < -0.4 is 0 Å². The maximum atomic E-state index is 10.3. The van der Waals surface area contributed by atoms with E-state index in [2.05, 4.69) is 18.7 Å². The van der Waals surface area contributed by atoms with Crippen LogP contribution in [-0.4, -0.2) is 5.11 Å². The average molecular weight is 212 g/mol. The first kappa shape index (κ1) is 10.9. The molecule has 1 nitrogen and oxygen atoms in total. The molecule has 0 spiro atoms. The van der Waals surface area contributed by atoms with Gasteiger partial charge in [-0.2, -0.15) is 0 Å². The Labute approximate surface area is 96.0 Å². The lowest BCUT2D eigenvalue weighted by atomic mass is 9.91. The molecule has 0 heterocycles. The summed E-state index contributed by atoms with van der Waals surface area (Å²) in [5, 5.41) is 12.6. The molecule has 0 aliphatic heterocycles. The van der Waals surface area contributed by atoms with Crippen LogP contribution >= 0.6 is 0 Å². The molecule has 0 bridgehead atoms. The topological polar surface area (TPSA) is 20.2 Å². The molecule has 1 heteroatoms. The van der Waals surface area contributed by atoms with Crippen molar-refractivity contribution in [3.63, 3.8) is 0 Å². The highest BCUT2D eigenvalue weighted by atomic mass is 16.3. The minimum atomic E-state index is -0.828. The van der Waals surface area contributed by atoms with E-state index in [1.54, 1.807) is 6.08 Å². The van der Waals surface area contributed by atoms with Crippen LogP contribution in [0.2, 0.25) is 0 Å². The van der Waals surface area contributed by atoms with Gasteiger partial charge in [-0.15, -0.1) is 6.58 Å². The molecule has 1 N–H and O–H groups in total. The van der Waals surface area contributed by atoms with Crippen LogP contribution in [0, 0.1) is 0 Å². The second-order valence-corrected chi connectivity index (χ2v) is 4.33. The molecule has 0 fully saturated rings. The minimum Gasteiger partial charge on any atom is -0.385 e. The Hall–Kier alpha value is -1.60. The molecule has 0 saturated carbocycles. The van der Waals surface area contributed by atoms with Gasteiger partial charge in [0.15, 0.2) is 0 Å². The highest BCUT2D eigenvalue weighted by Gasteiger charge is 2.21. The second-order valence-electron chi connectivity index (χ2n) is 4.33. The quantitative estimate of drug-likeness (QED) is 0.770. The first-order valence-corrected chi connectivity index (χ1v) is 5.46. The van der Waals surface area contributed by atoms with Crippen molar-refractivity contribution in [2.24, 2.45) is 0 Å². The van der Waals surface area contributed by atoms with Crippen LogP contribution in [0.25, 0.3) is 10.8 Å². The summed E-state index contributed by atoms with van der Waals surface area (Å²) in [6.45, 7) is 5.49. The van der Waals surface area contributed by atoms with Gasteiger partial charge in [0.25, 0.3) is 0 Å². The van der Waals surface area contributed by atoms with Gasteiger partial charge in [0.05, 0.1) is 5.60 Å². The number of aliphatic hydroxyl groups is 1. The van der Waals surface area contributed by atoms with Crippen LogP contribution in [0.5, 0.6) is 0 Å². The van der Waals surface area contributed by atoms with Gasteiger partial charge in [0.2, 0.25) is 0 Å². The molecule has 1 unspecified atom stereocenters. The fourth-order valence-electron chi connectivity index (χ4n) is 1.92.